The molecule has 0 N–H and O–H groups in total. The van der Waals surface area contributed by atoms with Gasteiger partial charge >= 0.3 is 7.12 Å². The van der Waals surface area contributed by atoms with E-state index in [4.69, 9.17) is 9.31 Å². The van der Waals surface area contributed by atoms with Crippen molar-refractivity contribution in [1.29, 1.82) is 0 Å². The molecule has 0 aliphatic carbocycles. The van der Waals surface area contributed by atoms with Gasteiger partial charge in [0.25, 0.3) is 0 Å². The molecule has 0 saturated carbocycles. The summed E-state index contributed by atoms with van der Waals surface area (Å²) < 4.78 is 12.2. The number of hydrogen-bond donors (Lipinski definition) is 1. The van der Waals surface area contributed by atoms with Gasteiger partial charge in [-0.1, -0.05) is 12.1 Å². The van der Waals surface area contributed by atoms with Crippen LogP contribution in [0.4, 0.5) is 0 Å². The van der Waals surface area contributed by atoms with E-state index in [0.717, 1.165) is 22.1 Å². The van der Waals surface area contributed by atoms with E-state index in [-0.39, 0.29) is 18.3 Å². The number of fused-ring (bicyclic) bond motifs is 1. The van der Waals surface area contributed by atoms with Crippen molar-refractivity contribution in [1.82, 2.24) is 9.97 Å². The summed E-state index contributed by atoms with van der Waals surface area (Å²) in [5, 5.41) is 0. The third kappa shape index (κ3) is 3.16. The average Bonchev–Trinajstić information content (AvgIpc) is 2.72. The van der Waals surface area contributed by atoms with Crippen LogP contribution in [-0.4, -0.2) is 34.0 Å². The first-order valence-electron chi connectivity index (χ1n) is 7.70. The predicted octanol–water partition coefficient (Wildman–Crippen LogP) is 3.57. The fourth-order valence-electron chi connectivity index (χ4n) is 2.47. The second-order valence-corrected chi connectivity index (χ2v) is 7.09. The second-order valence-electron chi connectivity index (χ2n) is 6.77. The summed E-state index contributed by atoms with van der Waals surface area (Å²) in [7, 11) is -0.380. The van der Waals surface area contributed by atoms with E-state index in [2.05, 4.69) is 56.4 Å². The first kappa shape index (κ1) is 16.5. The zero-order valence-corrected chi connectivity index (χ0v) is 14.8. The Hall–Kier alpha value is -1.37. The lowest BCUT2D eigenvalue weighted by Crippen LogP contribution is -2.41. The highest BCUT2D eigenvalue weighted by Gasteiger charge is 2.52. The summed E-state index contributed by atoms with van der Waals surface area (Å²) in [5.41, 5.74) is 3.08. The molecule has 1 aliphatic heterocycles. The van der Waals surface area contributed by atoms with Gasteiger partial charge in [0.05, 0.1) is 22.2 Å². The molecular weight excluding hydrogens is 307 g/mol. The highest BCUT2D eigenvalue weighted by atomic mass is 32.1. The number of thiol groups is 1. The van der Waals surface area contributed by atoms with Crippen LogP contribution >= 0.6 is 12.6 Å². The molecule has 4 nitrogen and oxygen atoms in total. The standard InChI is InChI=1S/C17H21BN2O2S/c1-16(2)17(3,4)22-18(21-16)13(11-23)9-12-5-6-14-15(10-12)20-8-7-19-14/h5-10,23H,11H2,1-4H3. The summed E-state index contributed by atoms with van der Waals surface area (Å²) in [5.74, 6) is 0.565. The van der Waals surface area contributed by atoms with Crippen LogP contribution < -0.4 is 0 Å². The third-order valence-electron chi connectivity index (χ3n) is 4.58. The molecular formula is C17H21BN2O2S. The number of aromatic nitrogens is 2. The van der Waals surface area contributed by atoms with Crippen LogP contribution in [0.1, 0.15) is 33.3 Å². The Morgan fingerprint density at radius 2 is 1.70 bits per heavy atom. The molecule has 0 radical (unpaired) electrons. The van der Waals surface area contributed by atoms with Crippen LogP contribution in [-0.2, 0) is 9.31 Å². The van der Waals surface area contributed by atoms with E-state index in [0.29, 0.717) is 5.75 Å². The Labute approximate surface area is 142 Å². The smallest absolute Gasteiger partial charge is 0.400 e. The minimum absolute atomic E-state index is 0.353. The van der Waals surface area contributed by atoms with Crippen molar-refractivity contribution in [3.05, 3.63) is 41.6 Å². The fourth-order valence-corrected chi connectivity index (χ4v) is 2.71. The molecule has 0 unspecified atom stereocenters. The molecule has 120 valence electrons. The van der Waals surface area contributed by atoms with E-state index in [9.17, 15) is 0 Å². The van der Waals surface area contributed by atoms with Crippen molar-refractivity contribution >= 4 is 36.9 Å². The maximum absolute atomic E-state index is 6.11. The highest BCUT2D eigenvalue weighted by Crippen LogP contribution is 2.39. The van der Waals surface area contributed by atoms with Gasteiger partial charge in [-0.3, -0.25) is 9.97 Å². The molecule has 1 aromatic carbocycles. The molecule has 2 aromatic rings. The minimum atomic E-state index is -0.380. The molecule has 0 bridgehead atoms. The van der Waals surface area contributed by atoms with Crippen molar-refractivity contribution in [3.63, 3.8) is 0 Å². The summed E-state index contributed by atoms with van der Waals surface area (Å²) in [6.45, 7) is 8.20. The molecule has 23 heavy (non-hydrogen) atoms. The summed E-state index contributed by atoms with van der Waals surface area (Å²) in [6, 6.07) is 6.00. The van der Waals surface area contributed by atoms with Crippen molar-refractivity contribution in [2.75, 3.05) is 5.75 Å². The van der Waals surface area contributed by atoms with E-state index in [1.54, 1.807) is 12.4 Å². The Morgan fingerprint density at radius 1 is 1.09 bits per heavy atom. The van der Waals surface area contributed by atoms with Crippen LogP contribution in [0, 0.1) is 0 Å². The van der Waals surface area contributed by atoms with Gasteiger partial charge in [0, 0.05) is 18.1 Å². The summed E-state index contributed by atoms with van der Waals surface area (Å²) in [4.78, 5) is 8.63. The SMILES string of the molecule is CC1(C)OB(C(=Cc2ccc3nccnc3c2)CS)OC1(C)C. The largest absolute Gasteiger partial charge is 0.491 e. The molecule has 6 heteroatoms. The topological polar surface area (TPSA) is 44.2 Å². The van der Waals surface area contributed by atoms with Gasteiger partial charge in [0.1, 0.15) is 0 Å². The van der Waals surface area contributed by atoms with Crippen LogP contribution in [0.3, 0.4) is 0 Å². The highest BCUT2D eigenvalue weighted by molar-refractivity contribution is 7.80. The predicted molar refractivity (Wildman–Crippen MR) is 97.5 cm³/mol. The van der Waals surface area contributed by atoms with Crippen LogP contribution in [0.5, 0.6) is 0 Å². The normalized spacial score (nSPS) is 20.2. The maximum Gasteiger partial charge on any atom is 0.491 e. The van der Waals surface area contributed by atoms with Gasteiger partial charge in [-0.15, -0.1) is 0 Å². The van der Waals surface area contributed by atoms with Crippen molar-refractivity contribution in [2.45, 2.75) is 38.9 Å². The van der Waals surface area contributed by atoms with E-state index in [1.165, 1.54) is 0 Å². The first-order valence-corrected chi connectivity index (χ1v) is 8.33. The minimum Gasteiger partial charge on any atom is -0.400 e. The van der Waals surface area contributed by atoms with Crippen molar-refractivity contribution < 1.29 is 9.31 Å². The van der Waals surface area contributed by atoms with Gasteiger partial charge in [-0.2, -0.15) is 12.6 Å². The van der Waals surface area contributed by atoms with Crippen LogP contribution in [0.25, 0.3) is 17.1 Å². The van der Waals surface area contributed by atoms with E-state index < -0.39 is 0 Å². The maximum atomic E-state index is 6.11. The van der Waals surface area contributed by atoms with Gasteiger partial charge in [-0.05, 0) is 50.9 Å². The second kappa shape index (κ2) is 5.93. The summed E-state index contributed by atoms with van der Waals surface area (Å²) in [6.07, 6.45) is 5.45. The molecule has 0 spiro atoms. The Morgan fingerprint density at radius 3 is 2.30 bits per heavy atom. The Kier molecular flexibility index (Phi) is 4.25. The lowest BCUT2D eigenvalue weighted by atomic mass is 9.78. The lowest BCUT2D eigenvalue weighted by molar-refractivity contribution is 0.00578. The number of benzene rings is 1. The molecule has 3 rings (SSSR count). The Bertz CT molecular complexity index is 745. The average molecular weight is 328 g/mol. The quantitative estimate of drug-likeness (QED) is 0.691. The van der Waals surface area contributed by atoms with E-state index >= 15 is 0 Å². The zero-order valence-electron chi connectivity index (χ0n) is 13.9. The molecule has 0 amide bonds. The van der Waals surface area contributed by atoms with Gasteiger partial charge in [0.15, 0.2) is 0 Å². The molecule has 0 atom stereocenters. The van der Waals surface area contributed by atoms with E-state index in [1.807, 2.05) is 18.2 Å². The number of hydrogen-bond acceptors (Lipinski definition) is 5. The molecule has 1 fully saturated rings. The van der Waals surface area contributed by atoms with Crippen LogP contribution in [0.2, 0.25) is 0 Å². The molecule has 1 saturated heterocycles. The fraction of sp³-hybridized carbons (Fsp3) is 0.412. The molecule has 2 heterocycles. The number of rotatable bonds is 3. The summed E-state index contributed by atoms with van der Waals surface area (Å²) >= 11 is 4.45. The van der Waals surface area contributed by atoms with Crippen LogP contribution in [0.15, 0.2) is 36.1 Å². The first-order chi connectivity index (χ1) is 10.8. The van der Waals surface area contributed by atoms with Crippen molar-refractivity contribution in [3.8, 4) is 0 Å². The zero-order chi connectivity index (χ0) is 16.7. The Balaban J connectivity index is 1.92. The lowest BCUT2D eigenvalue weighted by Gasteiger charge is -2.32. The van der Waals surface area contributed by atoms with Gasteiger partial charge in [0.2, 0.25) is 0 Å². The molecule has 1 aromatic heterocycles. The number of nitrogens with zero attached hydrogens (tertiary/aromatic N) is 2. The monoisotopic (exact) mass is 328 g/mol. The van der Waals surface area contributed by atoms with Gasteiger partial charge < -0.3 is 9.31 Å². The molecule has 1 aliphatic rings. The van der Waals surface area contributed by atoms with Crippen molar-refractivity contribution in [2.24, 2.45) is 0 Å². The van der Waals surface area contributed by atoms with Gasteiger partial charge in [-0.25, -0.2) is 0 Å². The third-order valence-corrected chi connectivity index (χ3v) is 4.95.